The first-order valence-corrected chi connectivity index (χ1v) is 12.6. The van der Waals surface area contributed by atoms with Gasteiger partial charge in [-0.15, -0.1) is 11.3 Å². The molecule has 10 heteroatoms. The number of fused-ring (bicyclic) bond motifs is 1. The molecule has 0 saturated carbocycles. The molecule has 8 nitrogen and oxygen atoms in total. The van der Waals surface area contributed by atoms with Crippen LogP contribution in [0.25, 0.3) is 10.2 Å². The van der Waals surface area contributed by atoms with E-state index >= 15 is 0 Å². The number of nitrogens with one attached hydrogen (secondary N) is 1. The van der Waals surface area contributed by atoms with Crippen molar-refractivity contribution < 1.29 is 17.9 Å². The second-order valence-electron chi connectivity index (χ2n) is 7.60. The fraction of sp³-hybridized carbons (Fsp3) is 0.364. The normalized spacial score (nSPS) is 16.1. The van der Waals surface area contributed by atoms with E-state index in [4.69, 9.17) is 4.74 Å². The number of carbonyl (C=O) groups excluding carboxylic acids is 1. The summed E-state index contributed by atoms with van der Waals surface area (Å²) in [5.41, 5.74) is 1.50. The Labute approximate surface area is 191 Å². The Balaban J connectivity index is 1.40. The van der Waals surface area contributed by atoms with Crippen molar-refractivity contribution in [1.29, 1.82) is 0 Å². The molecule has 1 aromatic heterocycles. The largest absolute Gasteiger partial charge is 0.379 e. The van der Waals surface area contributed by atoms with Crippen LogP contribution in [0, 0.1) is 0 Å². The SMILES string of the molecule is C[C@@H](c1nc2ccccc2s1)N(C)C(=O)CNc1cccc(S(=O)(=O)N2CCOCC2)c1. The number of rotatable bonds is 7. The van der Waals surface area contributed by atoms with Crippen molar-refractivity contribution in [2.75, 3.05) is 45.2 Å². The number of sulfonamides is 1. The summed E-state index contributed by atoms with van der Waals surface area (Å²) in [6, 6.07) is 14.3. The van der Waals surface area contributed by atoms with E-state index in [2.05, 4.69) is 10.3 Å². The number of hydrogen-bond acceptors (Lipinski definition) is 7. The predicted molar refractivity (Wildman–Crippen MR) is 125 cm³/mol. The van der Waals surface area contributed by atoms with Gasteiger partial charge in [0.05, 0.1) is 40.9 Å². The lowest BCUT2D eigenvalue weighted by molar-refractivity contribution is -0.129. The van der Waals surface area contributed by atoms with Crippen molar-refractivity contribution in [2.45, 2.75) is 17.9 Å². The monoisotopic (exact) mass is 474 g/mol. The van der Waals surface area contributed by atoms with Crippen LogP contribution in [0.5, 0.6) is 0 Å². The standard InChI is InChI=1S/C22H26N4O4S2/c1-16(22-24-19-8-3-4-9-20(19)31-22)25(2)21(27)15-23-17-6-5-7-18(14-17)32(28,29)26-10-12-30-13-11-26/h3-9,14,16,23H,10-13,15H2,1-2H3/t16-/m0/s1. The van der Waals surface area contributed by atoms with Crippen LogP contribution in [0.4, 0.5) is 5.69 Å². The lowest BCUT2D eigenvalue weighted by Crippen LogP contribution is -2.40. The highest BCUT2D eigenvalue weighted by atomic mass is 32.2. The first-order valence-electron chi connectivity index (χ1n) is 10.4. The van der Waals surface area contributed by atoms with Crippen LogP contribution in [0.3, 0.4) is 0 Å². The number of anilines is 1. The lowest BCUT2D eigenvalue weighted by atomic mass is 10.3. The van der Waals surface area contributed by atoms with Crippen LogP contribution < -0.4 is 5.32 Å². The smallest absolute Gasteiger partial charge is 0.243 e. The highest BCUT2D eigenvalue weighted by Gasteiger charge is 2.26. The number of likely N-dealkylation sites (N-methyl/N-ethyl adjacent to an activating group) is 1. The molecule has 4 rings (SSSR count). The second-order valence-corrected chi connectivity index (χ2v) is 10.6. The van der Waals surface area contributed by atoms with Crippen LogP contribution >= 0.6 is 11.3 Å². The fourth-order valence-corrected chi connectivity index (χ4v) is 5.97. The van der Waals surface area contributed by atoms with Gasteiger partial charge in [-0.1, -0.05) is 18.2 Å². The summed E-state index contributed by atoms with van der Waals surface area (Å²) in [5, 5.41) is 3.93. The Hall–Kier alpha value is -2.53. The highest BCUT2D eigenvalue weighted by Crippen LogP contribution is 2.29. The minimum atomic E-state index is -3.59. The molecule has 0 unspecified atom stereocenters. The summed E-state index contributed by atoms with van der Waals surface area (Å²) >= 11 is 1.58. The molecule has 1 atom stereocenters. The zero-order valence-corrected chi connectivity index (χ0v) is 19.7. The number of carbonyl (C=O) groups is 1. The summed E-state index contributed by atoms with van der Waals surface area (Å²) in [6.07, 6.45) is 0. The second kappa shape index (κ2) is 9.53. The quantitative estimate of drug-likeness (QED) is 0.566. The highest BCUT2D eigenvalue weighted by molar-refractivity contribution is 7.89. The number of nitrogens with zero attached hydrogens (tertiary/aromatic N) is 3. The molecule has 1 aliphatic heterocycles. The minimum Gasteiger partial charge on any atom is -0.379 e. The lowest BCUT2D eigenvalue weighted by Gasteiger charge is -2.26. The fourth-order valence-electron chi connectivity index (χ4n) is 3.46. The number of aromatic nitrogens is 1. The first-order chi connectivity index (χ1) is 15.4. The third-order valence-electron chi connectivity index (χ3n) is 5.53. The number of thiazole rings is 1. The number of benzene rings is 2. The Morgan fingerprint density at radius 3 is 2.72 bits per heavy atom. The van der Waals surface area contributed by atoms with Crippen molar-refractivity contribution in [2.24, 2.45) is 0 Å². The van der Waals surface area contributed by atoms with E-state index < -0.39 is 10.0 Å². The summed E-state index contributed by atoms with van der Waals surface area (Å²) in [5.74, 6) is -0.113. The van der Waals surface area contributed by atoms with Crippen LogP contribution in [0.1, 0.15) is 18.0 Å². The molecule has 3 aromatic rings. The average Bonchev–Trinajstić information content (AvgIpc) is 3.26. The maximum absolute atomic E-state index is 12.9. The Bertz CT molecular complexity index is 1170. The van der Waals surface area contributed by atoms with Gasteiger partial charge < -0.3 is 15.0 Å². The topological polar surface area (TPSA) is 91.8 Å². The van der Waals surface area contributed by atoms with Crippen LogP contribution in [-0.2, 0) is 19.6 Å². The molecule has 0 bridgehead atoms. The van der Waals surface area contributed by atoms with Crippen molar-refractivity contribution in [1.82, 2.24) is 14.2 Å². The number of para-hydroxylation sites is 1. The average molecular weight is 475 g/mol. The molecule has 1 fully saturated rings. The molecule has 2 aromatic carbocycles. The van der Waals surface area contributed by atoms with Gasteiger partial charge in [-0.2, -0.15) is 4.31 Å². The van der Waals surface area contributed by atoms with Crippen molar-refractivity contribution in [3.05, 3.63) is 53.5 Å². The summed E-state index contributed by atoms with van der Waals surface area (Å²) in [6.45, 7) is 3.47. The molecule has 0 aliphatic carbocycles. The van der Waals surface area contributed by atoms with Crippen molar-refractivity contribution >= 4 is 43.2 Å². The molecule has 0 spiro atoms. The molecule has 1 amide bonds. The molecular formula is C22H26N4O4S2. The zero-order valence-electron chi connectivity index (χ0n) is 18.0. The van der Waals surface area contributed by atoms with Gasteiger partial charge in [0.15, 0.2) is 0 Å². The molecule has 170 valence electrons. The molecule has 1 saturated heterocycles. The third-order valence-corrected chi connectivity index (χ3v) is 8.63. The minimum absolute atomic E-state index is 0.0484. The van der Waals surface area contributed by atoms with Gasteiger partial charge in [0.25, 0.3) is 0 Å². The van der Waals surface area contributed by atoms with Gasteiger partial charge in [-0.25, -0.2) is 13.4 Å². The van der Waals surface area contributed by atoms with Gasteiger partial charge in [0.2, 0.25) is 15.9 Å². The van der Waals surface area contributed by atoms with E-state index in [0.717, 1.165) is 15.2 Å². The van der Waals surface area contributed by atoms with Crippen molar-refractivity contribution in [3.63, 3.8) is 0 Å². The molecule has 32 heavy (non-hydrogen) atoms. The van der Waals surface area contributed by atoms with E-state index in [1.54, 1.807) is 47.5 Å². The van der Waals surface area contributed by atoms with E-state index in [1.165, 1.54) is 4.31 Å². The van der Waals surface area contributed by atoms with Crippen LogP contribution in [-0.4, -0.2) is 68.4 Å². The van der Waals surface area contributed by atoms with E-state index in [1.807, 2.05) is 31.2 Å². The summed E-state index contributed by atoms with van der Waals surface area (Å²) in [4.78, 5) is 19.3. The number of amides is 1. The molecule has 2 heterocycles. The Morgan fingerprint density at radius 2 is 1.97 bits per heavy atom. The van der Waals surface area contributed by atoms with Gasteiger partial charge >= 0.3 is 0 Å². The Kier molecular flexibility index (Phi) is 6.75. The summed E-state index contributed by atoms with van der Waals surface area (Å²) < 4.78 is 33.5. The number of ether oxygens (including phenoxy) is 1. The van der Waals surface area contributed by atoms with E-state index in [-0.39, 0.29) is 23.4 Å². The number of hydrogen-bond donors (Lipinski definition) is 1. The van der Waals surface area contributed by atoms with Gasteiger partial charge in [0, 0.05) is 25.8 Å². The zero-order chi connectivity index (χ0) is 22.7. The maximum atomic E-state index is 12.9. The third kappa shape index (κ3) is 4.78. The summed E-state index contributed by atoms with van der Waals surface area (Å²) in [7, 11) is -1.84. The van der Waals surface area contributed by atoms with E-state index in [0.29, 0.717) is 32.0 Å². The molecular weight excluding hydrogens is 448 g/mol. The van der Waals surface area contributed by atoms with Gasteiger partial charge in [0.1, 0.15) is 5.01 Å². The number of morpholine rings is 1. The molecule has 1 N–H and O–H groups in total. The molecule has 0 radical (unpaired) electrons. The molecule has 1 aliphatic rings. The maximum Gasteiger partial charge on any atom is 0.243 e. The van der Waals surface area contributed by atoms with Crippen LogP contribution in [0.15, 0.2) is 53.4 Å². The van der Waals surface area contributed by atoms with E-state index in [9.17, 15) is 13.2 Å². The van der Waals surface area contributed by atoms with Crippen LogP contribution in [0.2, 0.25) is 0 Å². The van der Waals surface area contributed by atoms with Crippen molar-refractivity contribution in [3.8, 4) is 0 Å². The first kappa shape index (κ1) is 22.7. The predicted octanol–water partition coefficient (Wildman–Crippen LogP) is 2.95. The van der Waals surface area contributed by atoms with Gasteiger partial charge in [-0.05, 0) is 37.3 Å². The Morgan fingerprint density at radius 1 is 1.22 bits per heavy atom. The van der Waals surface area contributed by atoms with Gasteiger partial charge in [-0.3, -0.25) is 4.79 Å².